The molecule has 0 spiro atoms. The Morgan fingerprint density at radius 1 is 0.568 bits per heavy atom. The summed E-state index contributed by atoms with van der Waals surface area (Å²) < 4.78 is 53.4. The average Bonchev–Trinajstić information content (AvgIpc) is 3.00. The number of unbranched alkanes of at least 4 members (excludes halogenated alkanes) is 27. The zero-order valence-electron chi connectivity index (χ0n) is 29.2. The molecule has 0 unspecified atom stereocenters. The first kappa shape index (κ1) is 45.6. The third-order valence-corrected chi connectivity index (χ3v) is 9.56. The predicted molar refractivity (Wildman–Crippen MR) is 189 cm³/mol. The smallest absolute Gasteiger partial charge is 0.267 e. The van der Waals surface area contributed by atoms with E-state index in [0.717, 1.165) is 57.8 Å². The Labute approximate surface area is 274 Å². The van der Waals surface area contributed by atoms with Crippen molar-refractivity contribution in [1.29, 1.82) is 0 Å². The zero-order valence-corrected chi connectivity index (χ0v) is 30.0. The summed E-state index contributed by atoms with van der Waals surface area (Å²) in [5, 5.41) is 0. The topological polar surface area (TPSA) is 69.4 Å². The summed E-state index contributed by atoms with van der Waals surface area (Å²) in [5.41, 5.74) is 4.91. The van der Waals surface area contributed by atoms with E-state index in [4.69, 9.17) is 9.92 Å². The second-order valence-corrected chi connectivity index (χ2v) is 14.4. The van der Waals surface area contributed by atoms with Gasteiger partial charge in [0.2, 0.25) is 6.43 Å². The Morgan fingerprint density at radius 2 is 0.864 bits per heavy atom. The number of halogens is 2. The summed E-state index contributed by atoms with van der Waals surface area (Å²) in [7, 11) is -3.38. The highest BCUT2D eigenvalue weighted by Crippen LogP contribution is 2.16. The Morgan fingerprint density at radius 3 is 1.18 bits per heavy atom. The molecule has 0 aromatic heterocycles. The van der Waals surface area contributed by atoms with Gasteiger partial charge in [0.1, 0.15) is 0 Å². The van der Waals surface area contributed by atoms with Crippen LogP contribution in [0, 0.1) is 0 Å². The van der Waals surface area contributed by atoms with Crippen LogP contribution in [0.25, 0.3) is 0 Å². The highest BCUT2D eigenvalue weighted by molar-refractivity contribution is 7.86. The van der Waals surface area contributed by atoms with Crippen LogP contribution in [-0.2, 0) is 14.3 Å². The number of hydrogen-bond acceptors (Lipinski definition) is 4. The molecule has 44 heavy (non-hydrogen) atoms. The minimum Gasteiger partial charge on any atom is -0.327 e. The quantitative estimate of drug-likeness (QED) is 0.0420. The minimum atomic E-state index is -3.38. The third kappa shape index (κ3) is 43.6. The lowest BCUT2D eigenvalue weighted by molar-refractivity contribution is 0.133. The van der Waals surface area contributed by atoms with Gasteiger partial charge in [-0.3, -0.25) is 4.18 Å². The van der Waals surface area contributed by atoms with E-state index >= 15 is 0 Å². The molecular formula is C37H75F2NO3S. The Hall–Kier alpha value is -0.530. The van der Waals surface area contributed by atoms with Crippen molar-refractivity contribution in [3.05, 3.63) is 12.7 Å². The molecule has 0 aliphatic rings. The Balaban J connectivity index is 0. The van der Waals surface area contributed by atoms with E-state index in [-0.39, 0.29) is 12.2 Å². The second-order valence-electron chi connectivity index (χ2n) is 12.7. The zero-order chi connectivity index (χ0) is 32.8. The summed E-state index contributed by atoms with van der Waals surface area (Å²) in [6, 6.07) is 0. The highest BCUT2D eigenvalue weighted by atomic mass is 32.2. The van der Waals surface area contributed by atoms with Gasteiger partial charge in [-0.1, -0.05) is 180 Å². The minimum absolute atomic E-state index is 0.0239. The van der Waals surface area contributed by atoms with Gasteiger partial charge in [0, 0.05) is 13.0 Å². The molecule has 0 fully saturated rings. The molecule has 0 saturated heterocycles. The van der Waals surface area contributed by atoms with E-state index in [1.807, 2.05) is 0 Å². The van der Waals surface area contributed by atoms with Crippen LogP contribution in [0.15, 0.2) is 12.7 Å². The van der Waals surface area contributed by atoms with Crippen LogP contribution in [0.4, 0.5) is 8.78 Å². The van der Waals surface area contributed by atoms with Crippen molar-refractivity contribution >= 4 is 10.1 Å². The summed E-state index contributed by atoms with van der Waals surface area (Å²) >= 11 is 0. The van der Waals surface area contributed by atoms with E-state index < -0.39 is 16.5 Å². The summed E-state index contributed by atoms with van der Waals surface area (Å²) in [6.45, 7) is 6.55. The molecule has 4 nitrogen and oxygen atoms in total. The number of nitrogens with two attached hydrogens (primary N) is 1. The molecule has 0 radical (unpaired) electrons. The lowest BCUT2D eigenvalue weighted by atomic mass is 10.0. The van der Waals surface area contributed by atoms with Crippen molar-refractivity contribution in [2.75, 3.05) is 18.9 Å². The maximum absolute atomic E-state index is 12.1. The molecule has 0 aliphatic heterocycles. The highest BCUT2D eigenvalue weighted by Gasteiger charge is 2.10. The Kier molecular flexibility index (Phi) is 40.1. The molecule has 7 heteroatoms. The molecule has 0 rings (SSSR count). The van der Waals surface area contributed by atoms with Crippen LogP contribution in [0.2, 0.25) is 0 Å². The molecule has 266 valence electrons. The van der Waals surface area contributed by atoms with Crippen molar-refractivity contribution in [3.63, 3.8) is 0 Å². The molecule has 0 saturated carbocycles. The van der Waals surface area contributed by atoms with Crippen LogP contribution >= 0.6 is 0 Å². The number of hydrogen-bond donors (Lipinski definition) is 1. The van der Waals surface area contributed by atoms with Crippen molar-refractivity contribution in [3.8, 4) is 0 Å². The molecule has 0 atom stereocenters. The largest absolute Gasteiger partial charge is 0.327 e. The van der Waals surface area contributed by atoms with Crippen LogP contribution in [0.3, 0.4) is 0 Å². The van der Waals surface area contributed by atoms with Crippen molar-refractivity contribution in [2.45, 2.75) is 206 Å². The molecular weight excluding hydrogens is 576 g/mol. The van der Waals surface area contributed by atoms with Crippen molar-refractivity contribution < 1.29 is 21.4 Å². The van der Waals surface area contributed by atoms with Gasteiger partial charge in [-0.15, -0.1) is 6.58 Å². The van der Waals surface area contributed by atoms with Gasteiger partial charge in [0.15, 0.2) is 0 Å². The van der Waals surface area contributed by atoms with E-state index in [1.165, 1.54) is 116 Å². The normalized spacial score (nSPS) is 11.6. The fraction of sp³-hybridized carbons (Fsp3) is 0.946. The SMILES string of the molecule is C=CCN.CCCCCCCCCCCCCCCCCCCCCCOS(=O)(=O)CCCCCCCCCCCC(F)F. The second kappa shape index (κ2) is 38.7. The molecule has 0 aromatic rings. The summed E-state index contributed by atoms with van der Waals surface area (Å²) in [4.78, 5) is 0. The van der Waals surface area contributed by atoms with Crippen molar-refractivity contribution in [1.82, 2.24) is 0 Å². The molecule has 0 heterocycles. The van der Waals surface area contributed by atoms with E-state index in [0.29, 0.717) is 26.0 Å². The van der Waals surface area contributed by atoms with E-state index in [9.17, 15) is 17.2 Å². The third-order valence-electron chi connectivity index (χ3n) is 8.24. The maximum atomic E-state index is 12.1. The van der Waals surface area contributed by atoms with Gasteiger partial charge in [0.05, 0.1) is 12.4 Å². The van der Waals surface area contributed by atoms with Gasteiger partial charge in [0.25, 0.3) is 10.1 Å². The molecule has 2 N–H and O–H groups in total. The summed E-state index contributed by atoms with van der Waals surface area (Å²) in [5.74, 6) is 0.125. The fourth-order valence-electron chi connectivity index (χ4n) is 5.42. The fourth-order valence-corrected chi connectivity index (χ4v) is 6.46. The predicted octanol–water partition coefficient (Wildman–Crippen LogP) is 12.5. The van der Waals surface area contributed by atoms with Gasteiger partial charge in [-0.05, 0) is 19.3 Å². The number of alkyl halides is 2. The van der Waals surface area contributed by atoms with Crippen molar-refractivity contribution in [2.24, 2.45) is 5.73 Å². The average molecular weight is 652 g/mol. The van der Waals surface area contributed by atoms with E-state index in [1.54, 1.807) is 6.08 Å². The molecule has 0 aromatic carbocycles. The van der Waals surface area contributed by atoms with Gasteiger partial charge in [-0.2, -0.15) is 8.42 Å². The van der Waals surface area contributed by atoms with E-state index in [2.05, 4.69) is 13.5 Å². The first-order chi connectivity index (χ1) is 21.4. The first-order valence-electron chi connectivity index (χ1n) is 18.9. The maximum Gasteiger partial charge on any atom is 0.267 e. The van der Waals surface area contributed by atoms with Gasteiger partial charge >= 0.3 is 0 Å². The Bertz CT molecular complexity index is 647. The van der Waals surface area contributed by atoms with Gasteiger partial charge in [-0.25, -0.2) is 8.78 Å². The first-order valence-corrected chi connectivity index (χ1v) is 20.4. The monoisotopic (exact) mass is 652 g/mol. The molecule has 0 aliphatic carbocycles. The summed E-state index contributed by atoms with van der Waals surface area (Å²) in [6.07, 6.45) is 34.7. The number of rotatable bonds is 35. The standard InChI is InChI=1S/C34H68F2O3S.C3H7N/c1-2-3-4-5-6-7-8-9-10-11-12-13-14-15-16-17-20-23-26-29-32-39-40(37,38)33-30-27-24-21-18-19-22-25-28-31-34(35)36;1-2-3-4/h34H,2-33H2,1H3;2H,1,3-4H2. The van der Waals surface area contributed by atoms with Crippen LogP contribution in [-0.4, -0.2) is 33.7 Å². The molecule has 0 bridgehead atoms. The van der Waals surface area contributed by atoms with Crippen LogP contribution < -0.4 is 5.73 Å². The van der Waals surface area contributed by atoms with Crippen LogP contribution in [0.5, 0.6) is 0 Å². The lowest BCUT2D eigenvalue weighted by Crippen LogP contribution is -2.11. The lowest BCUT2D eigenvalue weighted by Gasteiger charge is -2.06. The van der Waals surface area contributed by atoms with Crippen LogP contribution in [0.1, 0.15) is 200 Å². The molecule has 0 amide bonds. The van der Waals surface area contributed by atoms with Gasteiger partial charge < -0.3 is 5.73 Å².